The van der Waals surface area contributed by atoms with Gasteiger partial charge in [-0.3, -0.25) is 8.99 Å². The first-order valence-electron chi connectivity index (χ1n) is 9.79. The maximum Gasteiger partial charge on any atom is 0.264 e. The molecule has 0 atom stereocenters. The highest BCUT2D eigenvalue weighted by atomic mass is 79.9. The van der Waals surface area contributed by atoms with Crippen LogP contribution in [0.3, 0.4) is 0 Å². The Bertz CT molecular complexity index is 1320. The summed E-state index contributed by atoms with van der Waals surface area (Å²) in [6.07, 6.45) is 1.54. The molecule has 0 saturated heterocycles. The van der Waals surface area contributed by atoms with Gasteiger partial charge in [0.1, 0.15) is 17.8 Å². The normalized spacial score (nSPS) is 11.3. The van der Waals surface area contributed by atoms with Gasteiger partial charge < -0.3 is 4.74 Å². The molecule has 0 radical (unpaired) electrons. The van der Waals surface area contributed by atoms with Gasteiger partial charge in [-0.05, 0) is 67.1 Å². The fourth-order valence-electron chi connectivity index (χ4n) is 3.23. The highest BCUT2D eigenvalue weighted by Crippen LogP contribution is 2.31. The van der Waals surface area contributed by atoms with Gasteiger partial charge >= 0.3 is 0 Å². The second-order valence-corrected chi connectivity index (χ2v) is 9.91. The Hall–Kier alpha value is -3.17. The smallest absolute Gasteiger partial charge is 0.264 e. The number of halogens is 1. The van der Waals surface area contributed by atoms with E-state index in [4.69, 9.17) is 4.74 Å². The van der Waals surface area contributed by atoms with E-state index in [0.29, 0.717) is 28.6 Å². The summed E-state index contributed by atoms with van der Waals surface area (Å²) in [5, 5.41) is 4.26. The molecule has 0 fully saturated rings. The zero-order valence-corrected chi connectivity index (χ0v) is 19.9. The molecule has 0 saturated carbocycles. The third-order valence-electron chi connectivity index (χ3n) is 4.74. The monoisotopic (exact) mass is 512 g/mol. The van der Waals surface area contributed by atoms with E-state index in [1.807, 2.05) is 30.3 Å². The fourth-order valence-corrected chi connectivity index (χ4v) is 5.33. The van der Waals surface area contributed by atoms with Crippen molar-refractivity contribution in [3.63, 3.8) is 0 Å². The molecule has 164 valence electrons. The van der Waals surface area contributed by atoms with E-state index < -0.39 is 10.0 Å². The van der Waals surface area contributed by atoms with Gasteiger partial charge in [-0.15, -0.1) is 0 Å². The summed E-state index contributed by atoms with van der Waals surface area (Å²) in [5.41, 5.74) is 1.13. The standard InChI is InChI=1S/C23H21BrN4O3S/c1-17-14-18(24)8-13-22(17)32(29,30)28(15-23-25-16-27(2)26-23)19-9-11-21(12-10-19)31-20-6-4-3-5-7-20/h3-14,16H,15H2,1-2H3. The molecule has 0 spiro atoms. The lowest BCUT2D eigenvalue weighted by molar-refractivity contribution is 0.482. The van der Waals surface area contributed by atoms with Crippen molar-refractivity contribution in [2.75, 3.05) is 4.31 Å². The Morgan fingerprint density at radius 3 is 2.31 bits per heavy atom. The number of rotatable bonds is 7. The molecule has 0 aliphatic rings. The number of sulfonamides is 1. The summed E-state index contributed by atoms with van der Waals surface area (Å²) >= 11 is 3.39. The van der Waals surface area contributed by atoms with E-state index in [2.05, 4.69) is 26.0 Å². The van der Waals surface area contributed by atoms with Crippen molar-refractivity contribution in [1.29, 1.82) is 0 Å². The van der Waals surface area contributed by atoms with Crippen LogP contribution in [-0.4, -0.2) is 23.2 Å². The van der Waals surface area contributed by atoms with E-state index in [1.165, 1.54) is 4.31 Å². The van der Waals surface area contributed by atoms with E-state index in [9.17, 15) is 8.42 Å². The molecule has 1 heterocycles. The second-order valence-electron chi connectivity index (χ2n) is 7.16. The Morgan fingerprint density at radius 2 is 1.69 bits per heavy atom. The molecular weight excluding hydrogens is 492 g/mol. The third kappa shape index (κ3) is 4.84. The lowest BCUT2D eigenvalue weighted by atomic mass is 10.2. The number of para-hydroxylation sites is 1. The summed E-state index contributed by atoms with van der Waals surface area (Å²) in [6.45, 7) is 1.77. The lowest BCUT2D eigenvalue weighted by Gasteiger charge is -2.24. The van der Waals surface area contributed by atoms with E-state index in [1.54, 1.807) is 67.4 Å². The number of benzene rings is 3. The number of anilines is 1. The van der Waals surface area contributed by atoms with Crippen molar-refractivity contribution in [1.82, 2.24) is 14.8 Å². The maximum absolute atomic E-state index is 13.7. The van der Waals surface area contributed by atoms with Crippen LogP contribution >= 0.6 is 15.9 Å². The van der Waals surface area contributed by atoms with Crippen LogP contribution in [0.2, 0.25) is 0 Å². The van der Waals surface area contributed by atoms with Crippen LogP contribution in [0.5, 0.6) is 11.5 Å². The van der Waals surface area contributed by atoms with E-state index in [0.717, 1.165) is 4.47 Å². The van der Waals surface area contributed by atoms with Crippen LogP contribution in [0.15, 0.2) is 88.5 Å². The largest absolute Gasteiger partial charge is 0.457 e. The van der Waals surface area contributed by atoms with Crippen molar-refractivity contribution in [3.8, 4) is 11.5 Å². The average Bonchev–Trinajstić information content (AvgIpc) is 3.18. The molecule has 3 aromatic carbocycles. The molecule has 1 aromatic heterocycles. The quantitative estimate of drug-likeness (QED) is 0.345. The van der Waals surface area contributed by atoms with Gasteiger partial charge in [0.25, 0.3) is 10.0 Å². The molecule has 0 unspecified atom stereocenters. The molecule has 7 nitrogen and oxygen atoms in total. The van der Waals surface area contributed by atoms with Crippen LogP contribution < -0.4 is 9.04 Å². The summed E-state index contributed by atoms with van der Waals surface area (Å²) in [7, 11) is -2.14. The second kappa shape index (κ2) is 9.13. The number of hydrogen-bond donors (Lipinski definition) is 0. The number of hydrogen-bond acceptors (Lipinski definition) is 5. The van der Waals surface area contributed by atoms with Crippen molar-refractivity contribution in [2.24, 2.45) is 7.05 Å². The first-order valence-corrected chi connectivity index (χ1v) is 12.0. The Morgan fingerprint density at radius 1 is 1.00 bits per heavy atom. The zero-order chi connectivity index (χ0) is 22.7. The Labute approximate surface area is 195 Å². The molecule has 9 heteroatoms. The Balaban J connectivity index is 1.70. The molecule has 0 N–H and O–H groups in total. The lowest BCUT2D eigenvalue weighted by Crippen LogP contribution is -2.31. The predicted molar refractivity (Wildman–Crippen MR) is 126 cm³/mol. The van der Waals surface area contributed by atoms with Crippen molar-refractivity contribution in [2.45, 2.75) is 18.4 Å². The van der Waals surface area contributed by atoms with Gasteiger partial charge in [-0.2, -0.15) is 5.10 Å². The van der Waals surface area contributed by atoms with Gasteiger partial charge in [0, 0.05) is 11.5 Å². The summed E-state index contributed by atoms with van der Waals surface area (Å²) in [4.78, 5) is 4.44. The summed E-state index contributed by atoms with van der Waals surface area (Å²) in [5.74, 6) is 1.71. The number of aromatic nitrogens is 3. The molecule has 0 amide bonds. The van der Waals surface area contributed by atoms with Crippen LogP contribution in [0, 0.1) is 6.92 Å². The van der Waals surface area contributed by atoms with Crippen LogP contribution in [-0.2, 0) is 23.6 Å². The third-order valence-corrected chi connectivity index (χ3v) is 7.17. The zero-order valence-electron chi connectivity index (χ0n) is 17.5. The minimum absolute atomic E-state index is 0.00241. The van der Waals surface area contributed by atoms with Crippen LogP contribution in [0.4, 0.5) is 5.69 Å². The molecule has 32 heavy (non-hydrogen) atoms. The summed E-state index contributed by atoms with van der Waals surface area (Å²) in [6, 6.07) is 21.4. The first-order chi connectivity index (χ1) is 15.3. The molecule has 0 aliphatic carbocycles. The topological polar surface area (TPSA) is 77.3 Å². The van der Waals surface area contributed by atoms with Gasteiger partial charge in [-0.1, -0.05) is 34.1 Å². The van der Waals surface area contributed by atoms with Crippen molar-refractivity contribution < 1.29 is 13.2 Å². The number of aryl methyl sites for hydroxylation is 2. The highest BCUT2D eigenvalue weighted by Gasteiger charge is 2.28. The average molecular weight is 513 g/mol. The van der Waals surface area contributed by atoms with E-state index >= 15 is 0 Å². The minimum atomic E-state index is -3.88. The summed E-state index contributed by atoms with van der Waals surface area (Å²) < 4.78 is 36.8. The van der Waals surface area contributed by atoms with Gasteiger partial charge in [-0.25, -0.2) is 13.4 Å². The predicted octanol–water partition coefficient (Wildman–Crippen LogP) is 5.07. The molecular formula is C23H21BrN4O3S. The molecule has 0 aliphatic heterocycles. The van der Waals surface area contributed by atoms with Crippen molar-refractivity contribution in [3.05, 3.63) is 95.0 Å². The highest BCUT2D eigenvalue weighted by molar-refractivity contribution is 9.10. The van der Waals surface area contributed by atoms with Gasteiger partial charge in [0.2, 0.25) is 0 Å². The Kier molecular flexibility index (Phi) is 6.29. The van der Waals surface area contributed by atoms with Crippen LogP contribution in [0.1, 0.15) is 11.4 Å². The molecule has 4 aromatic rings. The molecule has 4 rings (SSSR count). The van der Waals surface area contributed by atoms with Gasteiger partial charge in [0.05, 0.1) is 17.1 Å². The minimum Gasteiger partial charge on any atom is -0.457 e. The van der Waals surface area contributed by atoms with Crippen molar-refractivity contribution >= 4 is 31.6 Å². The SMILES string of the molecule is Cc1cc(Br)ccc1S(=O)(=O)N(Cc1ncn(C)n1)c1ccc(Oc2ccccc2)cc1. The number of nitrogens with zero attached hydrogens (tertiary/aromatic N) is 4. The fraction of sp³-hybridized carbons (Fsp3) is 0.130. The number of ether oxygens (including phenoxy) is 1. The first kappa shape index (κ1) is 22.0. The molecule has 0 bridgehead atoms. The van der Waals surface area contributed by atoms with E-state index in [-0.39, 0.29) is 11.4 Å². The maximum atomic E-state index is 13.7. The van der Waals surface area contributed by atoms with Gasteiger partial charge in [0.15, 0.2) is 5.82 Å². The van der Waals surface area contributed by atoms with Crippen LogP contribution in [0.25, 0.3) is 0 Å².